The summed E-state index contributed by atoms with van der Waals surface area (Å²) in [7, 11) is 1.95. The molecule has 1 rings (SSSR count). The first kappa shape index (κ1) is 11.0. The van der Waals surface area contributed by atoms with Crippen LogP contribution in [-0.2, 0) is 6.42 Å². The molecule has 0 aromatic carbocycles. The van der Waals surface area contributed by atoms with E-state index in [0.29, 0.717) is 30.9 Å². The lowest BCUT2D eigenvalue weighted by atomic mass is 10.2. The van der Waals surface area contributed by atoms with E-state index in [-0.39, 0.29) is 0 Å². The zero-order valence-corrected chi connectivity index (χ0v) is 9.03. The summed E-state index contributed by atoms with van der Waals surface area (Å²) in [6, 6.07) is 0.976. The van der Waals surface area contributed by atoms with Crippen LogP contribution in [0.2, 0.25) is 0 Å². The van der Waals surface area contributed by atoms with Gasteiger partial charge < -0.3 is 15.1 Å². The number of hydrogen-bond donors (Lipinski definition) is 1. The SMILES string of the molecule is CCC(C)N(C)c1nnc(CCN)o1. The summed E-state index contributed by atoms with van der Waals surface area (Å²) in [6.07, 6.45) is 1.69. The first-order valence-electron chi connectivity index (χ1n) is 4.94. The van der Waals surface area contributed by atoms with Gasteiger partial charge in [0.05, 0.1) is 0 Å². The predicted molar refractivity (Wildman–Crippen MR) is 55.2 cm³/mol. The zero-order valence-electron chi connectivity index (χ0n) is 9.03. The molecule has 5 nitrogen and oxygen atoms in total. The molecule has 0 aliphatic rings. The largest absolute Gasteiger partial charge is 0.408 e. The highest BCUT2D eigenvalue weighted by Crippen LogP contribution is 2.14. The van der Waals surface area contributed by atoms with E-state index in [0.717, 1.165) is 6.42 Å². The van der Waals surface area contributed by atoms with Gasteiger partial charge in [0.25, 0.3) is 0 Å². The van der Waals surface area contributed by atoms with Crippen molar-refractivity contribution in [2.45, 2.75) is 32.7 Å². The number of nitrogens with zero attached hydrogens (tertiary/aromatic N) is 3. The normalized spacial score (nSPS) is 12.9. The Kier molecular flexibility index (Phi) is 3.88. The molecule has 1 aromatic rings. The summed E-state index contributed by atoms with van der Waals surface area (Å²) in [6.45, 7) is 4.78. The van der Waals surface area contributed by atoms with Crippen molar-refractivity contribution >= 4 is 6.01 Å². The lowest BCUT2D eigenvalue weighted by Crippen LogP contribution is -2.28. The first-order chi connectivity index (χ1) is 6.69. The number of hydrogen-bond acceptors (Lipinski definition) is 5. The second-order valence-corrected chi connectivity index (χ2v) is 3.39. The van der Waals surface area contributed by atoms with Gasteiger partial charge in [-0.05, 0) is 13.3 Å². The number of anilines is 1. The molecule has 0 spiro atoms. The maximum absolute atomic E-state index is 5.43. The Morgan fingerprint density at radius 1 is 1.50 bits per heavy atom. The Morgan fingerprint density at radius 2 is 2.21 bits per heavy atom. The van der Waals surface area contributed by atoms with Crippen molar-refractivity contribution in [1.29, 1.82) is 0 Å². The molecule has 0 saturated heterocycles. The van der Waals surface area contributed by atoms with Crippen LogP contribution in [-0.4, -0.2) is 29.8 Å². The van der Waals surface area contributed by atoms with Crippen molar-refractivity contribution < 1.29 is 4.42 Å². The van der Waals surface area contributed by atoms with E-state index >= 15 is 0 Å². The molecule has 0 aliphatic carbocycles. The third kappa shape index (κ3) is 2.45. The van der Waals surface area contributed by atoms with Gasteiger partial charge in [-0.2, -0.15) is 0 Å². The second-order valence-electron chi connectivity index (χ2n) is 3.39. The van der Waals surface area contributed by atoms with Crippen molar-refractivity contribution in [3.8, 4) is 0 Å². The van der Waals surface area contributed by atoms with Gasteiger partial charge in [-0.3, -0.25) is 0 Å². The van der Waals surface area contributed by atoms with Crippen LogP contribution >= 0.6 is 0 Å². The lowest BCUT2D eigenvalue weighted by molar-refractivity contribution is 0.474. The van der Waals surface area contributed by atoms with Crippen molar-refractivity contribution in [3.63, 3.8) is 0 Å². The minimum Gasteiger partial charge on any atom is -0.408 e. The van der Waals surface area contributed by atoms with Gasteiger partial charge in [0.15, 0.2) is 0 Å². The van der Waals surface area contributed by atoms with Crippen molar-refractivity contribution in [3.05, 3.63) is 5.89 Å². The third-order valence-electron chi connectivity index (χ3n) is 2.37. The summed E-state index contributed by atoms with van der Waals surface area (Å²) in [5, 5.41) is 7.86. The summed E-state index contributed by atoms with van der Waals surface area (Å²) in [5.74, 6) is 0.609. The van der Waals surface area contributed by atoms with E-state index in [1.165, 1.54) is 0 Å². The van der Waals surface area contributed by atoms with E-state index in [2.05, 4.69) is 24.0 Å². The Balaban J connectivity index is 2.65. The molecule has 14 heavy (non-hydrogen) atoms. The van der Waals surface area contributed by atoms with Crippen LogP contribution < -0.4 is 10.6 Å². The summed E-state index contributed by atoms with van der Waals surface area (Å²) < 4.78 is 5.43. The van der Waals surface area contributed by atoms with E-state index in [1.807, 2.05) is 11.9 Å². The van der Waals surface area contributed by atoms with Gasteiger partial charge in [0.2, 0.25) is 5.89 Å². The molecule has 1 atom stereocenters. The molecule has 0 amide bonds. The van der Waals surface area contributed by atoms with Gasteiger partial charge in [0, 0.05) is 26.1 Å². The Hall–Kier alpha value is -1.10. The molecule has 0 radical (unpaired) electrons. The average Bonchev–Trinajstić information content (AvgIpc) is 2.64. The molecule has 1 aromatic heterocycles. The van der Waals surface area contributed by atoms with E-state index < -0.39 is 0 Å². The van der Waals surface area contributed by atoms with E-state index in [9.17, 15) is 0 Å². The van der Waals surface area contributed by atoms with Crippen LogP contribution in [0.4, 0.5) is 6.01 Å². The Bertz CT molecular complexity index is 274. The molecule has 0 aliphatic heterocycles. The van der Waals surface area contributed by atoms with Crippen LogP contribution in [0, 0.1) is 0 Å². The van der Waals surface area contributed by atoms with Gasteiger partial charge in [-0.1, -0.05) is 12.0 Å². The molecular weight excluding hydrogens is 180 g/mol. The number of nitrogens with two attached hydrogens (primary N) is 1. The monoisotopic (exact) mass is 198 g/mol. The minimum absolute atomic E-state index is 0.404. The number of rotatable bonds is 5. The minimum atomic E-state index is 0.404. The zero-order chi connectivity index (χ0) is 10.6. The molecular formula is C9H18N4O. The lowest BCUT2D eigenvalue weighted by Gasteiger charge is -2.20. The topological polar surface area (TPSA) is 68.2 Å². The van der Waals surface area contributed by atoms with Crippen molar-refractivity contribution in [1.82, 2.24) is 10.2 Å². The third-order valence-corrected chi connectivity index (χ3v) is 2.37. The summed E-state index contributed by atoms with van der Waals surface area (Å²) in [5.41, 5.74) is 5.39. The van der Waals surface area contributed by atoms with Crippen LogP contribution in [0.5, 0.6) is 0 Å². The van der Waals surface area contributed by atoms with Gasteiger partial charge >= 0.3 is 6.01 Å². The highest BCUT2D eigenvalue weighted by atomic mass is 16.4. The molecule has 5 heteroatoms. The maximum Gasteiger partial charge on any atom is 0.318 e. The summed E-state index contributed by atoms with van der Waals surface area (Å²) in [4.78, 5) is 1.98. The standard InChI is InChI=1S/C9H18N4O/c1-4-7(2)13(3)9-12-11-8(14-9)5-6-10/h7H,4-6,10H2,1-3H3. The van der Waals surface area contributed by atoms with Gasteiger partial charge in [0.1, 0.15) is 0 Å². The highest BCUT2D eigenvalue weighted by Gasteiger charge is 2.14. The first-order valence-corrected chi connectivity index (χ1v) is 4.94. The second kappa shape index (κ2) is 4.95. The van der Waals surface area contributed by atoms with Gasteiger partial charge in [-0.25, -0.2) is 0 Å². The molecule has 2 N–H and O–H groups in total. The Labute approximate surface area is 84.3 Å². The van der Waals surface area contributed by atoms with Crippen LogP contribution in [0.15, 0.2) is 4.42 Å². The smallest absolute Gasteiger partial charge is 0.318 e. The van der Waals surface area contributed by atoms with E-state index in [4.69, 9.17) is 10.2 Å². The molecule has 1 heterocycles. The molecule has 0 bridgehead atoms. The van der Waals surface area contributed by atoms with Gasteiger partial charge in [-0.15, -0.1) is 5.10 Å². The molecule has 0 saturated carbocycles. The van der Waals surface area contributed by atoms with E-state index in [1.54, 1.807) is 0 Å². The fraction of sp³-hybridized carbons (Fsp3) is 0.778. The highest BCUT2D eigenvalue weighted by molar-refractivity contribution is 5.23. The molecule has 1 unspecified atom stereocenters. The quantitative estimate of drug-likeness (QED) is 0.758. The van der Waals surface area contributed by atoms with Crippen molar-refractivity contribution in [2.24, 2.45) is 5.73 Å². The van der Waals surface area contributed by atoms with Crippen LogP contribution in [0.3, 0.4) is 0 Å². The van der Waals surface area contributed by atoms with Crippen LogP contribution in [0.25, 0.3) is 0 Å². The predicted octanol–water partition coefficient (Wildman–Crippen LogP) is 0.806. The Morgan fingerprint density at radius 3 is 2.79 bits per heavy atom. The fourth-order valence-electron chi connectivity index (χ4n) is 1.07. The van der Waals surface area contributed by atoms with Crippen LogP contribution in [0.1, 0.15) is 26.2 Å². The average molecular weight is 198 g/mol. The molecule has 80 valence electrons. The molecule has 0 fully saturated rings. The fourth-order valence-corrected chi connectivity index (χ4v) is 1.07. The summed E-state index contributed by atoms with van der Waals surface area (Å²) >= 11 is 0. The maximum atomic E-state index is 5.43. The van der Waals surface area contributed by atoms with Crippen molar-refractivity contribution in [2.75, 3.05) is 18.5 Å². The number of aromatic nitrogens is 2.